The highest BCUT2D eigenvalue weighted by atomic mass is 19.1. The molecule has 6 nitrogen and oxygen atoms in total. The number of amides is 2. The molecule has 0 unspecified atom stereocenters. The summed E-state index contributed by atoms with van der Waals surface area (Å²) in [5.74, 6) is -0.653. The summed E-state index contributed by atoms with van der Waals surface area (Å²) in [7, 11) is 0. The molecule has 0 saturated heterocycles. The SMILES string of the molecule is CCC(=O)Nc1ccc(NC(=O)c2ncoc2-c2ccc(F)cc2)cc1C. The number of nitrogens with one attached hydrogen (secondary N) is 2. The molecule has 27 heavy (non-hydrogen) atoms. The van der Waals surface area contributed by atoms with Gasteiger partial charge < -0.3 is 15.1 Å². The summed E-state index contributed by atoms with van der Waals surface area (Å²) in [4.78, 5) is 28.1. The average molecular weight is 367 g/mol. The molecule has 2 amide bonds. The molecule has 0 aliphatic carbocycles. The Hall–Kier alpha value is -3.48. The fourth-order valence-electron chi connectivity index (χ4n) is 2.52. The quantitative estimate of drug-likeness (QED) is 0.700. The van der Waals surface area contributed by atoms with Crippen molar-refractivity contribution in [2.45, 2.75) is 20.3 Å². The number of halogens is 1. The van der Waals surface area contributed by atoms with Crippen molar-refractivity contribution in [1.82, 2.24) is 4.98 Å². The molecule has 3 rings (SSSR count). The van der Waals surface area contributed by atoms with E-state index < -0.39 is 5.91 Å². The minimum Gasteiger partial charge on any atom is -0.443 e. The number of anilines is 2. The number of nitrogens with zero attached hydrogens (tertiary/aromatic N) is 1. The van der Waals surface area contributed by atoms with E-state index in [1.54, 1.807) is 25.1 Å². The minimum absolute atomic E-state index is 0.0820. The molecule has 1 aromatic heterocycles. The lowest BCUT2D eigenvalue weighted by molar-refractivity contribution is -0.115. The Bertz CT molecular complexity index is 980. The largest absolute Gasteiger partial charge is 0.443 e. The summed E-state index contributed by atoms with van der Waals surface area (Å²) in [5.41, 5.74) is 2.71. The van der Waals surface area contributed by atoms with Crippen LogP contribution in [0.25, 0.3) is 11.3 Å². The zero-order valence-electron chi connectivity index (χ0n) is 14.9. The maximum absolute atomic E-state index is 13.1. The summed E-state index contributed by atoms with van der Waals surface area (Å²) in [6.45, 7) is 3.61. The normalized spacial score (nSPS) is 10.5. The van der Waals surface area contributed by atoms with Crippen molar-refractivity contribution in [2.75, 3.05) is 10.6 Å². The number of rotatable bonds is 5. The van der Waals surface area contributed by atoms with Gasteiger partial charge in [0.1, 0.15) is 5.82 Å². The van der Waals surface area contributed by atoms with E-state index in [1.165, 1.54) is 30.7 Å². The molecule has 138 valence electrons. The van der Waals surface area contributed by atoms with E-state index >= 15 is 0 Å². The first kappa shape index (κ1) is 18.3. The van der Waals surface area contributed by atoms with Crippen LogP contribution in [0.3, 0.4) is 0 Å². The summed E-state index contributed by atoms with van der Waals surface area (Å²) >= 11 is 0. The molecule has 2 aromatic carbocycles. The number of oxazole rings is 1. The predicted octanol–water partition coefficient (Wildman–Crippen LogP) is 4.39. The molecule has 0 radical (unpaired) electrons. The molecular formula is C20H18FN3O3. The first-order valence-electron chi connectivity index (χ1n) is 8.39. The molecule has 0 bridgehead atoms. The lowest BCUT2D eigenvalue weighted by Gasteiger charge is -2.10. The van der Waals surface area contributed by atoms with Crippen molar-refractivity contribution in [1.29, 1.82) is 0 Å². The smallest absolute Gasteiger partial charge is 0.278 e. The van der Waals surface area contributed by atoms with Crippen LogP contribution in [0.4, 0.5) is 15.8 Å². The van der Waals surface area contributed by atoms with Gasteiger partial charge in [-0.15, -0.1) is 0 Å². The van der Waals surface area contributed by atoms with Gasteiger partial charge in [0.2, 0.25) is 5.91 Å². The molecular weight excluding hydrogens is 349 g/mol. The van der Waals surface area contributed by atoms with Gasteiger partial charge in [0.05, 0.1) is 0 Å². The highest BCUT2D eigenvalue weighted by molar-refractivity contribution is 6.06. The molecule has 0 saturated carbocycles. The Labute approximate surface area is 155 Å². The summed E-state index contributed by atoms with van der Waals surface area (Å²) in [6.07, 6.45) is 1.55. The third-order valence-electron chi connectivity index (χ3n) is 3.97. The standard InChI is InChI=1S/C20H18FN3O3/c1-3-17(25)24-16-9-8-15(10-12(16)2)23-20(26)18-19(27-11-22-18)13-4-6-14(21)7-5-13/h4-11H,3H2,1-2H3,(H,23,26)(H,24,25). The summed E-state index contributed by atoms with van der Waals surface area (Å²) in [5, 5.41) is 5.55. The Morgan fingerprint density at radius 1 is 1.11 bits per heavy atom. The first-order chi connectivity index (χ1) is 13.0. The molecule has 0 aliphatic rings. The van der Waals surface area contributed by atoms with Crippen molar-refractivity contribution in [2.24, 2.45) is 0 Å². The maximum Gasteiger partial charge on any atom is 0.278 e. The van der Waals surface area contributed by atoms with E-state index in [-0.39, 0.29) is 23.2 Å². The number of benzene rings is 2. The second kappa shape index (κ2) is 7.82. The van der Waals surface area contributed by atoms with Crippen LogP contribution in [0, 0.1) is 12.7 Å². The van der Waals surface area contributed by atoms with Crippen LogP contribution in [-0.2, 0) is 4.79 Å². The van der Waals surface area contributed by atoms with Gasteiger partial charge in [-0.3, -0.25) is 9.59 Å². The third-order valence-corrected chi connectivity index (χ3v) is 3.97. The number of carbonyl (C=O) groups is 2. The molecule has 0 spiro atoms. The van der Waals surface area contributed by atoms with E-state index in [0.717, 1.165) is 5.56 Å². The molecule has 2 N–H and O–H groups in total. The van der Waals surface area contributed by atoms with Crippen LogP contribution in [-0.4, -0.2) is 16.8 Å². The topological polar surface area (TPSA) is 84.2 Å². The van der Waals surface area contributed by atoms with Crippen molar-refractivity contribution >= 4 is 23.2 Å². The highest BCUT2D eigenvalue weighted by Gasteiger charge is 2.19. The molecule has 0 aliphatic heterocycles. The minimum atomic E-state index is -0.451. The summed E-state index contributed by atoms with van der Waals surface area (Å²) in [6, 6.07) is 10.8. The van der Waals surface area contributed by atoms with E-state index in [9.17, 15) is 14.0 Å². The van der Waals surface area contributed by atoms with E-state index in [4.69, 9.17) is 4.42 Å². The second-order valence-corrected chi connectivity index (χ2v) is 5.92. The zero-order chi connectivity index (χ0) is 19.4. The number of aryl methyl sites for hydroxylation is 1. The Kier molecular flexibility index (Phi) is 5.30. The molecule has 1 heterocycles. The van der Waals surface area contributed by atoms with Crippen LogP contribution in [0.1, 0.15) is 29.4 Å². The van der Waals surface area contributed by atoms with Crippen molar-refractivity contribution in [3.63, 3.8) is 0 Å². The number of hydrogen-bond donors (Lipinski definition) is 2. The van der Waals surface area contributed by atoms with E-state index in [1.807, 2.05) is 6.92 Å². The van der Waals surface area contributed by atoms with E-state index in [0.29, 0.717) is 23.4 Å². The van der Waals surface area contributed by atoms with Crippen LogP contribution in [0.5, 0.6) is 0 Å². The van der Waals surface area contributed by atoms with Crippen LogP contribution in [0.2, 0.25) is 0 Å². The molecule has 3 aromatic rings. The fraction of sp³-hybridized carbons (Fsp3) is 0.150. The van der Waals surface area contributed by atoms with E-state index in [2.05, 4.69) is 15.6 Å². The Morgan fingerprint density at radius 3 is 2.52 bits per heavy atom. The van der Waals surface area contributed by atoms with Crippen LogP contribution >= 0.6 is 0 Å². The predicted molar refractivity (Wildman–Crippen MR) is 99.9 cm³/mol. The Morgan fingerprint density at radius 2 is 1.85 bits per heavy atom. The zero-order valence-corrected chi connectivity index (χ0v) is 14.9. The highest BCUT2D eigenvalue weighted by Crippen LogP contribution is 2.25. The number of aromatic nitrogens is 1. The van der Waals surface area contributed by atoms with Gasteiger partial charge in [-0.2, -0.15) is 0 Å². The molecule has 0 atom stereocenters. The van der Waals surface area contributed by atoms with Gasteiger partial charge in [-0.25, -0.2) is 9.37 Å². The first-order valence-corrected chi connectivity index (χ1v) is 8.39. The number of carbonyl (C=O) groups excluding carboxylic acids is 2. The second-order valence-electron chi connectivity index (χ2n) is 5.92. The van der Waals surface area contributed by atoms with Crippen LogP contribution in [0.15, 0.2) is 53.3 Å². The van der Waals surface area contributed by atoms with Gasteiger partial charge in [-0.05, 0) is 55.0 Å². The average Bonchev–Trinajstić information content (AvgIpc) is 3.14. The monoisotopic (exact) mass is 367 g/mol. The lowest BCUT2D eigenvalue weighted by atomic mass is 10.1. The van der Waals surface area contributed by atoms with Crippen LogP contribution < -0.4 is 10.6 Å². The number of hydrogen-bond acceptors (Lipinski definition) is 4. The van der Waals surface area contributed by atoms with Crippen molar-refractivity contribution < 1.29 is 18.4 Å². The Balaban J connectivity index is 1.79. The van der Waals surface area contributed by atoms with Gasteiger partial charge >= 0.3 is 0 Å². The van der Waals surface area contributed by atoms with Gasteiger partial charge in [-0.1, -0.05) is 6.92 Å². The van der Waals surface area contributed by atoms with Gasteiger partial charge in [0.15, 0.2) is 17.8 Å². The summed E-state index contributed by atoms with van der Waals surface area (Å²) < 4.78 is 18.4. The van der Waals surface area contributed by atoms with Gasteiger partial charge in [0.25, 0.3) is 5.91 Å². The molecule has 7 heteroatoms. The van der Waals surface area contributed by atoms with Crippen molar-refractivity contribution in [3.8, 4) is 11.3 Å². The van der Waals surface area contributed by atoms with Gasteiger partial charge in [0, 0.05) is 23.4 Å². The lowest BCUT2D eigenvalue weighted by Crippen LogP contribution is -2.14. The third kappa shape index (κ3) is 4.20. The maximum atomic E-state index is 13.1. The fourth-order valence-corrected chi connectivity index (χ4v) is 2.52. The van der Waals surface area contributed by atoms with Crippen molar-refractivity contribution in [3.05, 3.63) is 65.9 Å². The molecule has 0 fully saturated rings.